The minimum absolute atomic E-state index is 0. The Balaban J connectivity index is 0.00000220. The molecule has 1 saturated carbocycles. The third kappa shape index (κ3) is 4.09. The molecule has 1 aliphatic heterocycles. The Morgan fingerprint density at radius 3 is 2.57 bits per heavy atom. The Labute approximate surface area is 133 Å². The molecule has 0 spiro atoms. The van der Waals surface area contributed by atoms with Crippen LogP contribution in [0, 0.1) is 5.92 Å². The zero-order valence-electron chi connectivity index (χ0n) is 12.6. The number of carbonyl (C=O) groups is 1. The first-order chi connectivity index (χ1) is 9.46. The van der Waals surface area contributed by atoms with Gasteiger partial charge in [-0.3, -0.25) is 4.79 Å². The maximum absolute atomic E-state index is 12.8. The van der Waals surface area contributed by atoms with E-state index < -0.39 is 21.2 Å². The second-order valence-electron chi connectivity index (χ2n) is 5.71. The monoisotopic (exact) mass is 340 g/mol. The predicted octanol–water partition coefficient (Wildman–Crippen LogP) is 0.763. The molecule has 21 heavy (non-hydrogen) atoms. The van der Waals surface area contributed by atoms with E-state index in [0.717, 1.165) is 12.8 Å². The number of nitrogens with one attached hydrogen (secondary N) is 1. The Bertz CT molecular complexity index is 457. The van der Waals surface area contributed by atoms with Crippen LogP contribution < -0.4 is 5.32 Å². The van der Waals surface area contributed by atoms with E-state index in [1.54, 1.807) is 4.31 Å². The molecule has 1 aliphatic carbocycles. The summed E-state index contributed by atoms with van der Waals surface area (Å²) < 4.78 is 31.9. The normalized spacial score (nSPS) is 31.2. The van der Waals surface area contributed by atoms with Crippen LogP contribution in [0.1, 0.15) is 32.6 Å². The standard InChI is InChI=1S/C13H24N2O4S.ClH/c1-10-9-15(8-7-14-10)20(17,18)12-6-4-3-5-11(12)13(16)19-2;/h10-12,14H,3-9H2,1-2H3;1H/t10-,11?,12?;/m1./s1. The molecule has 1 N–H and O–H groups in total. The summed E-state index contributed by atoms with van der Waals surface area (Å²) in [5.41, 5.74) is 0. The molecular formula is C13H25ClN2O4S. The third-order valence-electron chi connectivity index (χ3n) is 4.28. The first-order valence-corrected chi connectivity index (χ1v) is 8.77. The Morgan fingerprint density at radius 1 is 1.29 bits per heavy atom. The van der Waals surface area contributed by atoms with Gasteiger partial charge >= 0.3 is 5.97 Å². The summed E-state index contributed by atoms with van der Waals surface area (Å²) in [7, 11) is -2.10. The van der Waals surface area contributed by atoms with Crippen LogP contribution in [0.2, 0.25) is 0 Å². The highest BCUT2D eigenvalue weighted by Crippen LogP contribution is 2.32. The Hall–Kier alpha value is -0.370. The van der Waals surface area contributed by atoms with Crippen LogP contribution >= 0.6 is 12.4 Å². The van der Waals surface area contributed by atoms with E-state index in [0.29, 0.717) is 32.5 Å². The van der Waals surface area contributed by atoms with Crippen molar-refractivity contribution in [1.29, 1.82) is 0 Å². The van der Waals surface area contributed by atoms with Gasteiger partial charge in [0.25, 0.3) is 0 Å². The molecule has 0 radical (unpaired) electrons. The molecule has 3 atom stereocenters. The Kier molecular flexibility index (Phi) is 6.90. The number of carbonyl (C=O) groups excluding carboxylic acids is 1. The molecule has 2 rings (SSSR count). The van der Waals surface area contributed by atoms with Gasteiger partial charge in [-0.2, -0.15) is 4.31 Å². The number of hydrogen-bond donors (Lipinski definition) is 1. The number of piperazine rings is 1. The van der Waals surface area contributed by atoms with Crippen LogP contribution in [0.4, 0.5) is 0 Å². The lowest BCUT2D eigenvalue weighted by atomic mass is 9.89. The molecule has 0 bridgehead atoms. The molecule has 6 nitrogen and oxygen atoms in total. The molecule has 1 saturated heterocycles. The quantitative estimate of drug-likeness (QED) is 0.768. The van der Waals surface area contributed by atoms with E-state index in [9.17, 15) is 13.2 Å². The third-order valence-corrected chi connectivity index (χ3v) is 6.66. The number of ether oxygens (including phenoxy) is 1. The summed E-state index contributed by atoms with van der Waals surface area (Å²) in [5.74, 6) is -0.898. The fourth-order valence-corrected chi connectivity index (χ4v) is 5.48. The number of sulfonamides is 1. The summed E-state index contributed by atoms with van der Waals surface area (Å²) in [6.07, 6.45) is 2.92. The second kappa shape index (κ2) is 7.76. The van der Waals surface area contributed by atoms with Crippen LogP contribution in [0.3, 0.4) is 0 Å². The zero-order chi connectivity index (χ0) is 14.8. The molecule has 0 aromatic rings. The van der Waals surface area contributed by atoms with Crippen molar-refractivity contribution >= 4 is 28.4 Å². The number of halogens is 1. The number of rotatable bonds is 3. The van der Waals surface area contributed by atoms with Gasteiger partial charge in [-0.1, -0.05) is 12.8 Å². The average molecular weight is 341 g/mol. The van der Waals surface area contributed by atoms with Gasteiger partial charge in [0.1, 0.15) is 0 Å². The van der Waals surface area contributed by atoms with Gasteiger partial charge in [0, 0.05) is 25.7 Å². The molecule has 0 aromatic carbocycles. The fourth-order valence-electron chi connectivity index (χ4n) is 3.19. The van der Waals surface area contributed by atoms with Crippen LogP contribution in [-0.2, 0) is 19.6 Å². The highest BCUT2D eigenvalue weighted by atomic mass is 35.5. The largest absolute Gasteiger partial charge is 0.469 e. The molecule has 2 fully saturated rings. The average Bonchev–Trinajstić information content (AvgIpc) is 2.46. The summed E-state index contributed by atoms with van der Waals surface area (Å²) in [4.78, 5) is 11.9. The minimum Gasteiger partial charge on any atom is -0.469 e. The maximum Gasteiger partial charge on any atom is 0.310 e. The maximum atomic E-state index is 12.8. The fraction of sp³-hybridized carbons (Fsp3) is 0.923. The topological polar surface area (TPSA) is 75.7 Å². The predicted molar refractivity (Wildman–Crippen MR) is 83.0 cm³/mol. The van der Waals surface area contributed by atoms with Crippen molar-refractivity contribution < 1.29 is 17.9 Å². The second-order valence-corrected chi connectivity index (χ2v) is 7.86. The van der Waals surface area contributed by atoms with Crippen LogP contribution in [0.25, 0.3) is 0 Å². The first-order valence-electron chi connectivity index (χ1n) is 7.27. The molecule has 0 aromatic heterocycles. The Morgan fingerprint density at radius 2 is 1.95 bits per heavy atom. The first kappa shape index (κ1) is 18.7. The highest BCUT2D eigenvalue weighted by Gasteiger charge is 2.43. The number of nitrogens with zero attached hydrogens (tertiary/aromatic N) is 1. The van der Waals surface area contributed by atoms with E-state index in [2.05, 4.69) is 5.32 Å². The van der Waals surface area contributed by atoms with Crippen LogP contribution in [-0.4, -0.2) is 56.7 Å². The highest BCUT2D eigenvalue weighted by molar-refractivity contribution is 7.89. The summed E-state index contributed by atoms with van der Waals surface area (Å²) in [6.45, 7) is 3.60. The van der Waals surface area contributed by atoms with Crippen LogP contribution in [0.15, 0.2) is 0 Å². The summed E-state index contributed by atoms with van der Waals surface area (Å²) in [6, 6.07) is 0.152. The van der Waals surface area contributed by atoms with Crippen molar-refractivity contribution in [2.75, 3.05) is 26.7 Å². The van der Waals surface area contributed by atoms with E-state index in [1.165, 1.54) is 7.11 Å². The lowest BCUT2D eigenvalue weighted by Gasteiger charge is -2.37. The van der Waals surface area contributed by atoms with Gasteiger partial charge in [0.2, 0.25) is 10.0 Å². The smallest absolute Gasteiger partial charge is 0.310 e. The SMILES string of the molecule is COC(=O)C1CCCCC1S(=O)(=O)N1CCN[C@H](C)C1.Cl. The van der Waals surface area contributed by atoms with Crippen molar-refractivity contribution in [2.45, 2.75) is 43.9 Å². The lowest BCUT2D eigenvalue weighted by Crippen LogP contribution is -2.55. The zero-order valence-corrected chi connectivity index (χ0v) is 14.2. The minimum atomic E-state index is -3.43. The molecular weight excluding hydrogens is 316 g/mol. The van der Waals surface area contributed by atoms with Crippen molar-refractivity contribution in [3.63, 3.8) is 0 Å². The van der Waals surface area contributed by atoms with E-state index in [1.807, 2.05) is 6.92 Å². The van der Waals surface area contributed by atoms with Gasteiger partial charge in [-0.15, -0.1) is 12.4 Å². The number of esters is 1. The van der Waals surface area contributed by atoms with Gasteiger partial charge in [-0.05, 0) is 19.8 Å². The summed E-state index contributed by atoms with van der Waals surface area (Å²) in [5, 5.41) is 2.62. The van der Waals surface area contributed by atoms with Gasteiger partial charge < -0.3 is 10.1 Å². The van der Waals surface area contributed by atoms with Crippen molar-refractivity contribution in [3.05, 3.63) is 0 Å². The van der Waals surface area contributed by atoms with Crippen molar-refractivity contribution in [1.82, 2.24) is 9.62 Å². The molecule has 1 heterocycles. The van der Waals surface area contributed by atoms with Gasteiger partial charge in [-0.25, -0.2) is 8.42 Å². The summed E-state index contributed by atoms with van der Waals surface area (Å²) >= 11 is 0. The number of methoxy groups -OCH3 is 1. The van der Waals surface area contributed by atoms with E-state index in [4.69, 9.17) is 4.74 Å². The van der Waals surface area contributed by atoms with Crippen molar-refractivity contribution in [3.8, 4) is 0 Å². The van der Waals surface area contributed by atoms with Crippen molar-refractivity contribution in [2.24, 2.45) is 5.92 Å². The van der Waals surface area contributed by atoms with E-state index >= 15 is 0 Å². The van der Waals surface area contributed by atoms with Gasteiger partial charge in [0.05, 0.1) is 18.3 Å². The van der Waals surface area contributed by atoms with E-state index in [-0.39, 0.29) is 24.4 Å². The van der Waals surface area contributed by atoms with Gasteiger partial charge in [0.15, 0.2) is 0 Å². The molecule has 2 unspecified atom stereocenters. The molecule has 2 aliphatic rings. The lowest BCUT2D eigenvalue weighted by molar-refractivity contribution is -0.146. The molecule has 124 valence electrons. The van der Waals surface area contributed by atoms with Crippen LogP contribution in [0.5, 0.6) is 0 Å². The molecule has 8 heteroatoms. The molecule has 0 amide bonds. The number of hydrogen-bond acceptors (Lipinski definition) is 5.